The molecule has 0 aliphatic heterocycles. The Labute approximate surface area is 113 Å². The lowest BCUT2D eigenvalue weighted by molar-refractivity contribution is 0.260. The smallest absolute Gasteiger partial charge is 0.0710 e. The molecule has 2 rings (SSSR count). The van der Waals surface area contributed by atoms with Gasteiger partial charge in [-0.2, -0.15) is 5.10 Å². The molecule has 1 unspecified atom stereocenters. The predicted octanol–water partition coefficient (Wildman–Crippen LogP) is 1.58. The van der Waals surface area contributed by atoms with Crippen LogP contribution < -0.4 is 5.32 Å². The van der Waals surface area contributed by atoms with Crippen LogP contribution in [-0.2, 0) is 6.54 Å². The summed E-state index contributed by atoms with van der Waals surface area (Å²) in [6.07, 6.45) is 6.25. The van der Waals surface area contributed by atoms with Crippen LogP contribution in [0.1, 0.15) is 18.9 Å². The largest absolute Gasteiger partial charge is 0.396 e. The van der Waals surface area contributed by atoms with E-state index in [0.717, 1.165) is 36.3 Å². The number of aliphatic hydroxyl groups is 1. The Kier molecular flexibility index (Phi) is 5.06. The van der Waals surface area contributed by atoms with Crippen LogP contribution in [0.15, 0.2) is 30.7 Å². The van der Waals surface area contributed by atoms with E-state index in [1.165, 1.54) is 0 Å². The molecule has 5 nitrogen and oxygen atoms in total. The number of nitrogens with one attached hydrogen (secondary N) is 2. The SMILES string of the molecule is CC(CCO)CNCc1cn[nH]c1-c1cccnc1. The first kappa shape index (κ1) is 13.7. The fourth-order valence-electron chi connectivity index (χ4n) is 1.98. The van der Waals surface area contributed by atoms with Crippen molar-refractivity contribution < 1.29 is 5.11 Å². The molecule has 0 saturated carbocycles. The average molecular weight is 260 g/mol. The molecule has 0 aromatic carbocycles. The van der Waals surface area contributed by atoms with Crippen molar-refractivity contribution in [2.75, 3.05) is 13.2 Å². The Hall–Kier alpha value is -1.72. The lowest BCUT2D eigenvalue weighted by Crippen LogP contribution is -2.21. The van der Waals surface area contributed by atoms with Crippen LogP contribution in [0.5, 0.6) is 0 Å². The Morgan fingerprint density at radius 3 is 3.05 bits per heavy atom. The number of pyridine rings is 1. The van der Waals surface area contributed by atoms with Gasteiger partial charge in [0.15, 0.2) is 0 Å². The van der Waals surface area contributed by atoms with Crippen LogP contribution in [0.25, 0.3) is 11.3 Å². The summed E-state index contributed by atoms with van der Waals surface area (Å²) in [6.45, 7) is 4.02. The number of nitrogens with zero attached hydrogens (tertiary/aromatic N) is 2. The summed E-state index contributed by atoms with van der Waals surface area (Å²) < 4.78 is 0. The highest BCUT2D eigenvalue weighted by Crippen LogP contribution is 2.19. The van der Waals surface area contributed by atoms with Crippen molar-refractivity contribution in [3.63, 3.8) is 0 Å². The minimum absolute atomic E-state index is 0.246. The second kappa shape index (κ2) is 7.01. The second-order valence-electron chi connectivity index (χ2n) is 4.76. The second-order valence-corrected chi connectivity index (χ2v) is 4.76. The number of aromatic nitrogens is 3. The van der Waals surface area contributed by atoms with Crippen molar-refractivity contribution in [2.24, 2.45) is 5.92 Å². The maximum Gasteiger partial charge on any atom is 0.0710 e. The maximum atomic E-state index is 8.86. The molecule has 19 heavy (non-hydrogen) atoms. The van der Waals surface area contributed by atoms with Crippen LogP contribution in [0.4, 0.5) is 0 Å². The molecule has 0 fully saturated rings. The van der Waals surface area contributed by atoms with E-state index in [2.05, 4.69) is 27.4 Å². The monoisotopic (exact) mass is 260 g/mol. The van der Waals surface area contributed by atoms with Gasteiger partial charge < -0.3 is 10.4 Å². The van der Waals surface area contributed by atoms with Gasteiger partial charge in [-0.25, -0.2) is 0 Å². The molecule has 0 radical (unpaired) electrons. The zero-order chi connectivity index (χ0) is 13.5. The predicted molar refractivity (Wildman–Crippen MR) is 74.4 cm³/mol. The summed E-state index contributed by atoms with van der Waals surface area (Å²) in [4.78, 5) is 4.12. The molecule has 102 valence electrons. The van der Waals surface area contributed by atoms with Gasteiger partial charge in [-0.1, -0.05) is 6.92 Å². The fourth-order valence-corrected chi connectivity index (χ4v) is 1.98. The first-order valence-electron chi connectivity index (χ1n) is 6.55. The van der Waals surface area contributed by atoms with E-state index in [0.29, 0.717) is 5.92 Å². The van der Waals surface area contributed by atoms with E-state index in [4.69, 9.17) is 5.11 Å². The summed E-state index contributed by atoms with van der Waals surface area (Å²) in [7, 11) is 0. The molecule has 0 amide bonds. The summed E-state index contributed by atoms with van der Waals surface area (Å²) in [6, 6.07) is 3.93. The van der Waals surface area contributed by atoms with Gasteiger partial charge in [0.05, 0.1) is 11.9 Å². The third-order valence-electron chi connectivity index (χ3n) is 3.10. The molecule has 0 saturated heterocycles. The van der Waals surface area contributed by atoms with Crippen LogP contribution in [0, 0.1) is 5.92 Å². The van der Waals surface area contributed by atoms with Crippen molar-refractivity contribution >= 4 is 0 Å². The zero-order valence-electron chi connectivity index (χ0n) is 11.1. The van der Waals surface area contributed by atoms with Crippen molar-refractivity contribution in [3.8, 4) is 11.3 Å². The fraction of sp³-hybridized carbons (Fsp3) is 0.429. The third-order valence-corrected chi connectivity index (χ3v) is 3.10. The van der Waals surface area contributed by atoms with Crippen molar-refractivity contribution in [2.45, 2.75) is 19.9 Å². The lowest BCUT2D eigenvalue weighted by atomic mass is 10.1. The van der Waals surface area contributed by atoms with Gasteiger partial charge in [0.2, 0.25) is 0 Å². The number of rotatable bonds is 7. The summed E-state index contributed by atoms with van der Waals surface area (Å²) in [5.41, 5.74) is 3.18. The van der Waals surface area contributed by atoms with E-state index in [1.54, 1.807) is 6.20 Å². The van der Waals surface area contributed by atoms with Crippen molar-refractivity contribution in [1.29, 1.82) is 0 Å². The average Bonchev–Trinajstić information content (AvgIpc) is 2.88. The molecule has 1 atom stereocenters. The molecule has 3 N–H and O–H groups in total. The normalized spacial score (nSPS) is 12.5. The molecule has 5 heteroatoms. The summed E-state index contributed by atoms with van der Waals surface area (Å²) >= 11 is 0. The standard InChI is InChI=1S/C14H20N4O/c1-11(4-6-19)7-16-9-13-10-17-18-14(13)12-3-2-5-15-8-12/h2-3,5,8,10-11,16,19H,4,6-7,9H2,1H3,(H,17,18). The maximum absolute atomic E-state index is 8.86. The van der Waals surface area contributed by atoms with E-state index < -0.39 is 0 Å². The first-order chi connectivity index (χ1) is 9.31. The van der Waals surface area contributed by atoms with E-state index in [1.807, 2.05) is 24.5 Å². The third kappa shape index (κ3) is 3.87. The summed E-state index contributed by atoms with van der Waals surface area (Å²) in [5, 5.41) is 19.4. The highest BCUT2D eigenvalue weighted by molar-refractivity contribution is 5.61. The first-order valence-corrected chi connectivity index (χ1v) is 6.55. The van der Waals surface area contributed by atoms with Crippen LogP contribution in [0.2, 0.25) is 0 Å². The van der Waals surface area contributed by atoms with Gasteiger partial charge in [-0.15, -0.1) is 0 Å². The highest BCUT2D eigenvalue weighted by Gasteiger charge is 2.08. The van der Waals surface area contributed by atoms with Gasteiger partial charge in [-0.3, -0.25) is 10.1 Å². The number of aliphatic hydroxyl groups excluding tert-OH is 1. The number of H-pyrrole nitrogens is 1. The Balaban J connectivity index is 1.94. The van der Waals surface area contributed by atoms with Gasteiger partial charge in [0.25, 0.3) is 0 Å². The molecular formula is C14H20N4O. The molecule has 2 aromatic heterocycles. The topological polar surface area (TPSA) is 73.8 Å². The Morgan fingerprint density at radius 1 is 1.42 bits per heavy atom. The van der Waals surface area contributed by atoms with Gasteiger partial charge >= 0.3 is 0 Å². The zero-order valence-corrected chi connectivity index (χ0v) is 11.1. The Bertz CT molecular complexity index is 483. The van der Waals surface area contributed by atoms with Crippen molar-refractivity contribution in [1.82, 2.24) is 20.5 Å². The van der Waals surface area contributed by atoms with E-state index >= 15 is 0 Å². The minimum Gasteiger partial charge on any atom is -0.396 e. The van der Waals surface area contributed by atoms with Crippen molar-refractivity contribution in [3.05, 3.63) is 36.3 Å². The molecule has 2 heterocycles. The van der Waals surface area contributed by atoms with Crippen LogP contribution in [-0.4, -0.2) is 33.4 Å². The van der Waals surface area contributed by atoms with E-state index in [9.17, 15) is 0 Å². The summed E-state index contributed by atoms with van der Waals surface area (Å²) in [5.74, 6) is 0.471. The van der Waals surface area contributed by atoms with Gasteiger partial charge in [-0.05, 0) is 31.0 Å². The highest BCUT2D eigenvalue weighted by atomic mass is 16.3. The van der Waals surface area contributed by atoms with Crippen LogP contribution >= 0.6 is 0 Å². The Morgan fingerprint density at radius 2 is 2.32 bits per heavy atom. The minimum atomic E-state index is 0.246. The molecule has 2 aromatic rings. The lowest BCUT2D eigenvalue weighted by Gasteiger charge is -2.11. The molecule has 0 aliphatic carbocycles. The van der Waals surface area contributed by atoms with E-state index in [-0.39, 0.29) is 6.61 Å². The van der Waals surface area contributed by atoms with Gasteiger partial charge in [0, 0.05) is 36.7 Å². The number of aromatic amines is 1. The van der Waals surface area contributed by atoms with Gasteiger partial charge in [0.1, 0.15) is 0 Å². The molecule has 0 spiro atoms. The quantitative estimate of drug-likeness (QED) is 0.706. The molecule has 0 bridgehead atoms. The number of hydrogen-bond acceptors (Lipinski definition) is 4. The number of hydrogen-bond donors (Lipinski definition) is 3. The molecular weight excluding hydrogens is 240 g/mol. The molecule has 0 aliphatic rings. The van der Waals surface area contributed by atoms with Crippen LogP contribution in [0.3, 0.4) is 0 Å².